The number of aryl methyl sites for hydroxylation is 2. The van der Waals surface area contributed by atoms with Crippen molar-refractivity contribution in [1.82, 2.24) is 9.97 Å². The van der Waals surface area contributed by atoms with E-state index in [0.717, 1.165) is 27.1 Å². The van der Waals surface area contributed by atoms with E-state index in [4.69, 9.17) is 10.5 Å². The second-order valence-corrected chi connectivity index (χ2v) is 7.65. The monoisotopic (exact) mass is 372 g/mol. The Morgan fingerprint density at radius 1 is 1.19 bits per heavy atom. The Morgan fingerprint density at radius 2 is 1.81 bits per heavy atom. The molecule has 0 radical (unpaired) electrons. The summed E-state index contributed by atoms with van der Waals surface area (Å²) >= 11 is 1.50. The molecule has 1 saturated heterocycles. The molecule has 0 unspecified atom stereocenters. The minimum atomic E-state index is -0.529. The predicted molar refractivity (Wildman–Crippen MR) is 102 cm³/mol. The summed E-state index contributed by atoms with van der Waals surface area (Å²) in [6.45, 7) is 5.41. The number of carbonyl (C=O) groups excluding carboxylic acids is 1. The number of hydrogen-bond acceptors (Lipinski definition) is 6. The van der Waals surface area contributed by atoms with E-state index < -0.39 is 5.41 Å². The average Bonchev–Trinajstić information content (AvgIpc) is 2.63. The van der Waals surface area contributed by atoms with Crippen LogP contribution in [0.1, 0.15) is 24.2 Å². The second kappa shape index (κ2) is 8.16. The lowest BCUT2D eigenvalue weighted by Crippen LogP contribution is -2.46. The molecule has 1 fully saturated rings. The fourth-order valence-electron chi connectivity index (χ4n) is 3.00. The van der Waals surface area contributed by atoms with Gasteiger partial charge < -0.3 is 15.8 Å². The van der Waals surface area contributed by atoms with Gasteiger partial charge in [-0.25, -0.2) is 9.97 Å². The highest BCUT2D eigenvalue weighted by atomic mass is 32.2. The molecule has 2 heterocycles. The zero-order valence-electron chi connectivity index (χ0n) is 15.1. The molecule has 0 spiro atoms. The Balaban J connectivity index is 1.66. The molecule has 1 amide bonds. The number of ether oxygens (including phenoxy) is 1. The van der Waals surface area contributed by atoms with E-state index in [1.54, 1.807) is 0 Å². The van der Waals surface area contributed by atoms with Gasteiger partial charge in [0.1, 0.15) is 0 Å². The lowest BCUT2D eigenvalue weighted by Gasteiger charge is -2.34. The summed E-state index contributed by atoms with van der Waals surface area (Å²) in [5, 5.41) is 3.72. The van der Waals surface area contributed by atoms with Gasteiger partial charge in [-0.15, -0.1) is 0 Å². The average molecular weight is 372 g/mol. The van der Waals surface area contributed by atoms with Gasteiger partial charge in [0.2, 0.25) is 5.91 Å². The highest BCUT2D eigenvalue weighted by Crippen LogP contribution is 2.31. The quantitative estimate of drug-likeness (QED) is 0.784. The number of carbonyl (C=O) groups is 1. The van der Waals surface area contributed by atoms with E-state index in [1.807, 2.05) is 44.2 Å². The third kappa shape index (κ3) is 4.41. The van der Waals surface area contributed by atoms with Crippen LogP contribution < -0.4 is 11.1 Å². The molecule has 2 aromatic rings. The van der Waals surface area contributed by atoms with Gasteiger partial charge in [-0.2, -0.15) is 0 Å². The number of amides is 1. The van der Waals surface area contributed by atoms with Crippen LogP contribution in [0.4, 0.5) is 5.69 Å². The number of aromatic nitrogens is 2. The predicted octanol–water partition coefficient (Wildman–Crippen LogP) is 2.94. The molecule has 0 saturated carbocycles. The van der Waals surface area contributed by atoms with Crippen LogP contribution in [-0.4, -0.2) is 35.6 Å². The van der Waals surface area contributed by atoms with E-state index in [0.29, 0.717) is 32.6 Å². The first-order valence-electron chi connectivity index (χ1n) is 8.70. The number of anilines is 1. The third-order valence-electron chi connectivity index (χ3n) is 4.61. The van der Waals surface area contributed by atoms with E-state index in [-0.39, 0.29) is 5.91 Å². The first kappa shape index (κ1) is 18.8. The summed E-state index contributed by atoms with van der Waals surface area (Å²) in [4.78, 5) is 22.6. The summed E-state index contributed by atoms with van der Waals surface area (Å²) in [6.07, 6.45) is 1.32. The van der Waals surface area contributed by atoms with Gasteiger partial charge in [-0.3, -0.25) is 4.79 Å². The number of rotatable bonds is 5. The number of benzene rings is 1. The highest BCUT2D eigenvalue weighted by molar-refractivity contribution is 7.99. The van der Waals surface area contributed by atoms with Gasteiger partial charge in [0.05, 0.1) is 5.41 Å². The fraction of sp³-hybridized carbons (Fsp3) is 0.421. The van der Waals surface area contributed by atoms with Crippen LogP contribution in [0.2, 0.25) is 0 Å². The Hall–Kier alpha value is -1.96. The maximum atomic E-state index is 12.7. The van der Waals surface area contributed by atoms with Crippen LogP contribution in [0.5, 0.6) is 0 Å². The van der Waals surface area contributed by atoms with Crippen LogP contribution in [-0.2, 0) is 9.53 Å². The molecule has 1 aliphatic rings. The van der Waals surface area contributed by atoms with Crippen LogP contribution in [0.3, 0.4) is 0 Å². The summed E-state index contributed by atoms with van der Waals surface area (Å²) in [5.41, 5.74) is 8.03. The number of nitrogens with two attached hydrogens (primary N) is 1. The molecule has 0 bridgehead atoms. The lowest BCUT2D eigenvalue weighted by atomic mass is 9.79. The molecule has 0 aliphatic carbocycles. The minimum Gasteiger partial charge on any atom is -0.381 e. The van der Waals surface area contributed by atoms with Crippen LogP contribution in [0, 0.1) is 19.3 Å². The van der Waals surface area contributed by atoms with Crippen LogP contribution in [0.15, 0.2) is 40.4 Å². The molecule has 1 aromatic heterocycles. The normalized spacial score (nSPS) is 16.3. The van der Waals surface area contributed by atoms with Crippen molar-refractivity contribution in [2.75, 3.05) is 25.1 Å². The van der Waals surface area contributed by atoms with Gasteiger partial charge in [0, 0.05) is 41.7 Å². The van der Waals surface area contributed by atoms with Crippen molar-refractivity contribution in [3.8, 4) is 0 Å². The van der Waals surface area contributed by atoms with Crippen LogP contribution in [0.25, 0.3) is 0 Å². The number of hydrogen-bond donors (Lipinski definition) is 2. The third-order valence-corrected chi connectivity index (χ3v) is 5.48. The summed E-state index contributed by atoms with van der Waals surface area (Å²) in [6, 6.07) is 9.66. The van der Waals surface area contributed by atoms with Crippen LogP contribution >= 0.6 is 11.8 Å². The van der Waals surface area contributed by atoms with Crippen molar-refractivity contribution >= 4 is 23.4 Å². The SMILES string of the molecule is Cc1cc(C)nc(Sc2ccc(NC(=O)C3(CN)CCOCC3)cc2)n1. The molecular weight excluding hydrogens is 348 g/mol. The topological polar surface area (TPSA) is 90.1 Å². The van der Waals surface area contributed by atoms with E-state index in [1.165, 1.54) is 11.8 Å². The van der Waals surface area contributed by atoms with Crippen molar-refractivity contribution in [1.29, 1.82) is 0 Å². The molecular formula is C19H24N4O2S. The van der Waals surface area contributed by atoms with Gasteiger partial charge in [0.15, 0.2) is 5.16 Å². The van der Waals surface area contributed by atoms with E-state index in [9.17, 15) is 4.79 Å². The Kier molecular flexibility index (Phi) is 5.90. The number of nitrogens with zero attached hydrogens (tertiary/aromatic N) is 2. The van der Waals surface area contributed by atoms with E-state index >= 15 is 0 Å². The standard InChI is InChI=1S/C19H24N4O2S/c1-13-11-14(2)22-18(21-13)26-16-5-3-15(4-6-16)23-17(24)19(12-20)7-9-25-10-8-19/h3-6,11H,7-10,12,20H2,1-2H3,(H,23,24). The Bertz CT molecular complexity index is 753. The zero-order chi connectivity index (χ0) is 18.6. The highest BCUT2D eigenvalue weighted by Gasteiger charge is 2.38. The van der Waals surface area contributed by atoms with Crippen molar-refractivity contribution in [3.63, 3.8) is 0 Å². The molecule has 138 valence electrons. The van der Waals surface area contributed by atoms with Crippen molar-refractivity contribution in [2.45, 2.75) is 36.7 Å². The Morgan fingerprint density at radius 3 is 2.38 bits per heavy atom. The fourth-order valence-corrected chi connectivity index (χ4v) is 3.86. The molecule has 3 N–H and O–H groups in total. The molecule has 26 heavy (non-hydrogen) atoms. The molecule has 3 rings (SSSR count). The maximum Gasteiger partial charge on any atom is 0.232 e. The lowest BCUT2D eigenvalue weighted by molar-refractivity contribution is -0.130. The van der Waals surface area contributed by atoms with Crippen molar-refractivity contribution in [2.24, 2.45) is 11.1 Å². The van der Waals surface area contributed by atoms with Gasteiger partial charge in [0.25, 0.3) is 0 Å². The minimum absolute atomic E-state index is 0.0265. The maximum absolute atomic E-state index is 12.7. The zero-order valence-corrected chi connectivity index (χ0v) is 15.9. The first-order chi connectivity index (χ1) is 12.5. The molecule has 6 nitrogen and oxygen atoms in total. The smallest absolute Gasteiger partial charge is 0.232 e. The van der Waals surface area contributed by atoms with Crippen molar-refractivity contribution in [3.05, 3.63) is 41.7 Å². The van der Waals surface area contributed by atoms with Gasteiger partial charge in [-0.1, -0.05) is 0 Å². The number of nitrogens with one attached hydrogen (secondary N) is 1. The van der Waals surface area contributed by atoms with Gasteiger partial charge >= 0.3 is 0 Å². The molecule has 0 atom stereocenters. The molecule has 1 aromatic carbocycles. The van der Waals surface area contributed by atoms with E-state index in [2.05, 4.69) is 15.3 Å². The first-order valence-corrected chi connectivity index (χ1v) is 9.52. The summed E-state index contributed by atoms with van der Waals surface area (Å²) in [5.74, 6) is -0.0265. The Labute approximate surface area is 157 Å². The summed E-state index contributed by atoms with van der Waals surface area (Å²) < 4.78 is 5.37. The molecule has 1 aliphatic heterocycles. The van der Waals surface area contributed by atoms with Gasteiger partial charge in [-0.05, 0) is 68.8 Å². The second-order valence-electron chi connectivity index (χ2n) is 6.61. The molecule has 7 heteroatoms. The largest absolute Gasteiger partial charge is 0.381 e. The summed E-state index contributed by atoms with van der Waals surface area (Å²) in [7, 11) is 0. The van der Waals surface area contributed by atoms with Crippen molar-refractivity contribution < 1.29 is 9.53 Å².